The lowest BCUT2D eigenvalue weighted by Crippen LogP contribution is -2.54. The molecule has 1 unspecified atom stereocenters. The van der Waals surface area contributed by atoms with Crippen molar-refractivity contribution < 1.29 is 13.2 Å². The Morgan fingerprint density at radius 2 is 1.64 bits per heavy atom. The third-order valence-corrected chi connectivity index (χ3v) is 17.0. The number of carbonyl (C=O) groups is 1. The molecule has 5 aromatic carbocycles. The number of benzene rings is 5. The first-order valence-electron chi connectivity index (χ1n) is 23.7. The minimum atomic E-state index is -3.78. The maximum atomic E-state index is 13.6. The van der Waals surface area contributed by atoms with Gasteiger partial charge in [0.15, 0.2) is 15.6 Å². The van der Waals surface area contributed by atoms with Crippen LogP contribution in [0.3, 0.4) is 0 Å². The van der Waals surface area contributed by atoms with Crippen molar-refractivity contribution in [3.63, 3.8) is 0 Å². The van der Waals surface area contributed by atoms with Crippen molar-refractivity contribution in [3.8, 4) is 11.1 Å². The number of aryl methyl sites for hydroxylation is 1. The molecule has 8 rings (SSSR count). The molecule has 348 valence electrons. The number of rotatable bonds is 20. The Balaban J connectivity index is 0.841. The second-order valence-electron chi connectivity index (χ2n) is 18.1. The Bertz CT molecular complexity index is 2540. The van der Waals surface area contributed by atoms with Crippen LogP contribution in [0.4, 0.5) is 17.1 Å². The maximum Gasteiger partial charge on any atom is 0.178 e. The Morgan fingerprint density at radius 3 is 2.41 bits per heavy atom. The highest BCUT2D eigenvalue weighted by atomic mass is 35.5. The Morgan fingerprint density at radius 1 is 0.879 bits per heavy atom. The number of halogens is 1. The summed E-state index contributed by atoms with van der Waals surface area (Å²) in [7, 11) is -3.78. The van der Waals surface area contributed by atoms with E-state index in [9.17, 15) is 18.1 Å². The fourth-order valence-corrected chi connectivity index (χ4v) is 12.2. The molecule has 66 heavy (non-hydrogen) atoms. The molecule has 3 aliphatic rings. The first-order chi connectivity index (χ1) is 32.1. The van der Waals surface area contributed by atoms with Crippen LogP contribution in [0, 0.1) is 4.91 Å². The van der Waals surface area contributed by atoms with Crippen LogP contribution in [-0.4, -0.2) is 111 Å². The first-order valence-corrected chi connectivity index (χ1v) is 26.7. The molecule has 2 saturated heterocycles. The maximum absolute atomic E-state index is 13.6. The molecule has 3 aliphatic heterocycles. The van der Waals surface area contributed by atoms with Gasteiger partial charge in [0.1, 0.15) is 5.69 Å². The van der Waals surface area contributed by atoms with Crippen molar-refractivity contribution in [2.45, 2.75) is 86.8 Å². The van der Waals surface area contributed by atoms with Gasteiger partial charge in [0.25, 0.3) is 0 Å². The van der Waals surface area contributed by atoms with Crippen molar-refractivity contribution in [2.24, 2.45) is 5.18 Å². The highest BCUT2D eigenvalue weighted by Gasteiger charge is 2.32. The number of nitrogens with zero attached hydrogens (tertiary/aromatic N) is 5. The number of nitroso groups, excluding NO2 is 1. The number of carbonyl (C=O) groups excluding carboxylic acids is 1. The van der Waals surface area contributed by atoms with E-state index >= 15 is 0 Å². The zero-order chi connectivity index (χ0) is 46.0. The lowest BCUT2D eigenvalue weighted by Gasteiger charge is -2.46. The average molecular weight is 948 g/mol. The zero-order valence-corrected chi connectivity index (χ0v) is 40.7. The SMILES string of the molecule is CCC(C)N1CCN(CC[C@H](CSc2ccccc2)Nc2ccc(S(=O)(=O)CCCC(=O)c3ccc4c(c3)CC[C@@H]3CN(Cc5ccccc5-c5ccc(Cl)cc5)CCN43)cc2N=O)CC1. The lowest BCUT2D eigenvalue weighted by atomic mass is 9.91. The summed E-state index contributed by atoms with van der Waals surface area (Å²) < 4.78 is 27.2. The molecule has 0 radical (unpaired) electrons. The highest BCUT2D eigenvalue weighted by Crippen LogP contribution is 2.36. The van der Waals surface area contributed by atoms with Gasteiger partial charge < -0.3 is 15.1 Å². The lowest BCUT2D eigenvalue weighted by molar-refractivity contribution is 0.0982. The zero-order valence-electron chi connectivity index (χ0n) is 38.3. The first kappa shape index (κ1) is 47.9. The van der Waals surface area contributed by atoms with E-state index in [-0.39, 0.29) is 41.0 Å². The summed E-state index contributed by atoms with van der Waals surface area (Å²) in [4.78, 5) is 37.1. The van der Waals surface area contributed by atoms with Gasteiger partial charge in [0.05, 0.1) is 16.3 Å². The van der Waals surface area contributed by atoms with Crippen LogP contribution >= 0.6 is 23.4 Å². The molecule has 0 saturated carbocycles. The van der Waals surface area contributed by atoms with Crippen LogP contribution < -0.4 is 10.2 Å². The largest absolute Gasteiger partial charge is 0.380 e. The molecule has 0 aliphatic carbocycles. The van der Waals surface area contributed by atoms with Crippen molar-refractivity contribution in [1.82, 2.24) is 14.7 Å². The fourth-order valence-electron chi connectivity index (χ4n) is 9.74. The topological polar surface area (TPSA) is 106 Å². The van der Waals surface area contributed by atoms with Gasteiger partial charge in [0.2, 0.25) is 0 Å². The van der Waals surface area contributed by atoms with Crippen LogP contribution in [0.1, 0.15) is 67.4 Å². The number of fused-ring (bicyclic) bond motifs is 3. The van der Waals surface area contributed by atoms with Crippen molar-refractivity contribution in [3.05, 3.63) is 142 Å². The molecule has 0 bridgehead atoms. The normalized spacial score (nSPS) is 18.0. The molecular formula is C53H63ClN6O4S2. The van der Waals surface area contributed by atoms with Crippen molar-refractivity contribution in [2.75, 3.05) is 74.1 Å². The molecular weight excluding hydrogens is 884 g/mol. The molecule has 0 aromatic heterocycles. The summed E-state index contributed by atoms with van der Waals surface area (Å²) in [6, 6.07) is 38.5. The Labute approximate surface area is 401 Å². The minimum absolute atomic E-state index is 0.0209. The van der Waals surface area contributed by atoms with Gasteiger partial charge in [-0.3, -0.25) is 14.6 Å². The molecule has 10 nitrogen and oxygen atoms in total. The van der Waals surface area contributed by atoms with Gasteiger partial charge >= 0.3 is 0 Å². The number of piperazine rings is 2. The molecule has 13 heteroatoms. The molecule has 0 spiro atoms. The summed E-state index contributed by atoms with van der Waals surface area (Å²) >= 11 is 7.93. The molecule has 0 amide bonds. The second kappa shape index (κ2) is 22.5. The standard InChI is InChI=1S/C53H63ClN6O4S2/c1-3-39(2)59-30-27-57(28-31-59)26-25-45(38-65-47-11-5-4-6-12-47)55-50-23-22-48(35-51(50)56-62)66(63,64)33-9-14-53(61)42-18-24-52-41(34-42)17-21-46-37-58(29-32-60(46)52)36-43-10-7-8-13-49(43)40-15-19-44(54)20-16-40/h4-8,10-13,15-16,18-20,22-24,34-35,39,45-46,55H,3,9,14,17,21,25-33,36-38H2,1-2H3/t39?,45-,46-/m1/s1. The predicted octanol–water partition coefficient (Wildman–Crippen LogP) is 10.9. The quantitative estimate of drug-likeness (QED) is 0.0461. The summed E-state index contributed by atoms with van der Waals surface area (Å²) in [6.07, 6.45) is 4.20. The van der Waals surface area contributed by atoms with Crippen LogP contribution in [-0.2, 0) is 22.8 Å². The monoisotopic (exact) mass is 946 g/mol. The number of nitrogens with one attached hydrogen (secondary N) is 1. The summed E-state index contributed by atoms with van der Waals surface area (Å²) in [5.74, 6) is 0.505. The van der Waals surface area contributed by atoms with Crippen LogP contribution in [0.25, 0.3) is 11.1 Å². The van der Waals surface area contributed by atoms with Crippen LogP contribution in [0.2, 0.25) is 5.02 Å². The van der Waals surface area contributed by atoms with Gasteiger partial charge in [0, 0.05) is 110 Å². The van der Waals surface area contributed by atoms with Crippen LogP contribution in [0.15, 0.2) is 130 Å². The number of hydrogen-bond acceptors (Lipinski definition) is 11. The van der Waals surface area contributed by atoms with Gasteiger partial charge in [-0.05, 0) is 127 Å². The van der Waals surface area contributed by atoms with Crippen LogP contribution in [0.5, 0.6) is 0 Å². The van der Waals surface area contributed by atoms with Gasteiger partial charge in [-0.1, -0.05) is 73.1 Å². The summed E-state index contributed by atoms with van der Waals surface area (Å²) in [5.41, 5.74) is 7.30. The summed E-state index contributed by atoms with van der Waals surface area (Å²) in [5, 5.41) is 7.57. The van der Waals surface area contributed by atoms with Gasteiger partial charge in [-0.15, -0.1) is 16.7 Å². The van der Waals surface area contributed by atoms with E-state index in [1.807, 2.05) is 42.5 Å². The molecule has 5 aromatic rings. The smallest absolute Gasteiger partial charge is 0.178 e. The van der Waals surface area contributed by atoms with Crippen molar-refractivity contribution >= 4 is 56.0 Å². The number of hydrogen-bond donors (Lipinski definition) is 1. The van der Waals surface area contributed by atoms with Crippen molar-refractivity contribution in [1.29, 1.82) is 0 Å². The van der Waals surface area contributed by atoms with E-state index in [4.69, 9.17) is 11.6 Å². The molecule has 1 N–H and O–H groups in total. The van der Waals surface area contributed by atoms with E-state index in [1.54, 1.807) is 23.9 Å². The molecule has 3 heterocycles. The number of Topliss-reactive ketones (excluding diaryl/α,β-unsaturated/α-hetero) is 1. The van der Waals surface area contributed by atoms with Gasteiger partial charge in [-0.25, -0.2) is 8.42 Å². The Kier molecular flexibility index (Phi) is 16.3. The molecule has 2 fully saturated rings. The highest BCUT2D eigenvalue weighted by molar-refractivity contribution is 7.99. The van der Waals surface area contributed by atoms with E-state index in [0.29, 0.717) is 23.3 Å². The number of sulfone groups is 1. The van der Waals surface area contributed by atoms with Gasteiger partial charge in [-0.2, -0.15) is 0 Å². The van der Waals surface area contributed by atoms with E-state index in [0.717, 1.165) is 95.4 Å². The minimum Gasteiger partial charge on any atom is -0.380 e. The third-order valence-electron chi connectivity index (χ3n) is 13.8. The number of ketones is 1. The summed E-state index contributed by atoms with van der Waals surface area (Å²) in [6.45, 7) is 13.3. The molecule has 3 atom stereocenters. The Hall–Kier alpha value is -4.56. The second-order valence-corrected chi connectivity index (χ2v) is 21.8. The number of thioether (sulfide) groups is 1. The predicted molar refractivity (Wildman–Crippen MR) is 273 cm³/mol. The fraction of sp³-hybridized carbons (Fsp3) is 0.415. The average Bonchev–Trinajstić information content (AvgIpc) is 3.35. The van der Waals surface area contributed by atoms with E-state index in [1.165, 1.54) is 38.9 Å². The third kappa shape index (κ3) is 12.1. The number of anilines is 2. The van der Waals surface area contributed by atoms with E-state index in [2.05, 4.69) is 98.5 Å². The van der Waals surface area contributed by atoms with E-state index < -0.39 is 9.84 Å².